The van der Waals surface area contributed by atoms with Crippen LogP contribution in [0, 0.1) is 0 Å². The zero-order valence-corrected chi connectivity index (χ0v) is 7.71. The van der Waals surface area contributed by atoms with Crippen molar-refractivity contribution in [2.45, 2.75) is 0 Å². The van der Waals surface area contributed by atoms with Crippen LogP contribution < -0.4 is 11.5 Å². The number of benzene rings is 1. The number of imide groups is 3. The van der Waals surface area contributed by atoms with E-state index >= 15 is 0 Å². The highest BCUT2D eigenvalue weighted by Gasteiger charge is 2.25. The monoisotopic (exact) mass is 207 g/mol. The maximum Gasteiger partial charge on any atom is 0.330 e. The highest BCUT2D eigenvalue weighted by molar-refractivity contribution is 6.14. The van der Waals surface area contributed by atoms with Crippen molar-refractivity contribution >= 4 is 18.0 Å². The molecule has 6 nitrogen and oxygen atoms in total. The first-order valence-electron chi connectivity index (χ1n) is 4.02. The Kier molecular flexibility index (Phi) is 3.02. The summed E-state index contributed by atoms with van der Waals surface area (Å²) in [6.07, 6.45) is 0. The molecule has 1 aromatic carbocycles. The Balaban J connectivity index is 3.02. The van der Waals surface area contributed by atoms with Crippen LogP contribution in [0.15, 0.2) is 30.3 Å². The van der Waals surface area contributed by atoms with Gasteiger partial charge < -0.3 is 11.5 Å². The fraction of sp³-hybridized carbons (Fsp3) is 0. The number of primary amides is 2. The molecule has 6 heteroatoms. The molecule has 15 heavy (non-hydrogen) atoms. The Morgan fingerprint density at radius 3 is 1.80 bits per heavy atom. The van der Waals surface area contributed by atoms with Gasteiger partial charge in [0.15, 0.2) is 0 Å². The summed E-state index contributed by atoms with van der Waals surface area (Å²) in [5.74, 6) is -0.837. The minimum absolute atomic E-state index is 0.162. The van der Waals surface area contributed by atoms with E-state index in [2.05, 4.69) is 0 Å². The molecule has 0 heterocycles. The predicted octanol–water partition coefficient (Wildman–Crippen LogP) is 0.286. The number of hydrogen-bond acceptors (Lipinski definition) is 3. The summed E-state index contributed by atoms with van der Waals surface area (Å²) < 4.78 is 0. The Morgan fingerprint density at radius 1 is 0.933 bits per heavy atom. The molecule has 0 fully saturated rings. The maximum absolute atomic E-state index is 11.6. The second-order valence-electron chi connectivity index (χ2n) is 2.68. The third-order valence-corrected chi connectivity index (χ3v) is 1.66. The van der Waals surface area contributed by atoms with Crippen LogP contribution in [0.1, 0.15) is 10.4 Å². The number of nitrogens with two attached hydrogens (primary N) is 2. The lowest BCUT2D eigenvalue weighted by Gasteiger charge is -2.13. The predicted molar refractivity (Wildman–Crippen MR) is 51.8 cm³/mol. The van der Waals surface area contributed by atoms with E-state index in [0.29, 0.717) is 0 Å². The molecule has 0 atom stereocenters. The molecule has 4 N–H and O–H groups in total. The summed E-state index contributed by atoms with van der Waals surface area (Å²) in [6, 6.07) is 5.37. The average Bonchev–Trinajstić information content (AvgIpc) is 2.18. The summed E-state index contributed by atoms with van der Waals surface area (Å²) in [5, 5.41) is 0. The van der Waals surface area contributed by atoms with Gasteiger partial charge in [-0.1, -0.05) is 18.2 Å². The number of urea groups is 2. The molecular formula is C9H9N3O3. The van der Waals surface area contributed by atoms with Crippen LogP contribution in [0.3, 0.4) is 0 Å². The second kappa shape index (κ2) is 4.23. The SMILES string of the molecule is NC(=O)N(C(N)=O)C(=O)c1ccccc1. The Morgan fingerprint density at radius 2 is 1.40 bits per heavy atom. The first kappa shape index (κ1) is 10.7. The lowest BCUT2D eigenvalue weighted by molar-refractivity contribution is 0.0848. The third kappa shape index (κ3) is 2.31. The molecule has 0 aliphatic carbocycles. The fourth-order valence-corrected chi connectivity index (χ4v) is 1.02. The van der Waals surface area contributed by atoms with E-state index in [1.807, 2.05) is 0 Å². The van der Waals surface area contributed by atoms with Gasteiger partial charge in [-0.25, -0.2) is 9.59 Å². The van der Waals surface area contributed by atoms with Crippen LogP contribution in [-0.2, 0) is 0 Å². The van der Waals surface area contributed by atoms with Crippen LogP contribution >= 0.6 is 0 Å². The lowest BCUT2D eigenvalue weighted by Crippen LogP contribution is -2.47. The van der Waals surface area contributed by atoms with Crippen LogP contribution in [0.2, 0.25) is 0 Å². The number of rotatable bonds is 1. The number of nitrogens with zero attached hydrogens (tertiary/aromatic N) is 1. The van der Waals surface area contributed by atoms with Gasteiger partial charge in [-0.3, -0.25) is 4.79 Å². The topological polar surface area (TPSA) is 106 Å². The van der Waals surface area contributed by atoms with Crippen molar-refractivity contribution in [3.63, 3.8) is 0 Å². The maximum atomic E-state index is 11.6. The van der Waals surface area contributed by atoms with E-state index in [9.17, 15) is 14.4 Å². The van der Waals surface area contributed by atoms with E-state index < -0.39 is 18.0 Å². The molecule has 0 spiro atoms. The van der Waals surface area contributed by atoms with Crippen molar-refractivity contribution in [2.75, 3.05) is 0 Å². The Hall–Kier alpha value is -2.37. The molecule has 0 aliphatic heterocycles. The minimum Gasteiger partial charge on any atom is -0.351 e. The van der Waals surface area contributed by atoms with Gasteiger partial charge in [0.1, 0.15) is 0 Å². The normalized spacial score (nSPS) is 9.33. The summed E-state index contributed by atoms with van der Waals surface area (Å²) >= 11 is 0. The summed E-state index contributed by atoms with van der Waals surface area (Å²) in [4.78, 5) is 33.3. The zero-order chi connectivity index (χ0) is 11.4. The molecule has 0 aliphatic rings. The largest absolute Gasteiger partial charge is 0.351 e. The molecule has 1 rings (SSSR count). The summed E-state index contributed by atoms with van der Waals surface area (Å²) in [5.41, 5.74) is 9.84. The number of hydrogen-bond donors (Lipinski definition) is 2. The van der Waals surface area contributed by atoms with Gasteiger partial charge in [-0.2, -0.15) is 4.90 Å². The van der Waals surface area contributed by atoms with Gasteiger partial charge in [0.2, 0.25) is 0 Å². The summed E-state index contributed by atoms with van der Waals surface area (Å²) in [7, 11) is 0. The third-order valence-electron chi connectivity index (χ3n) is 1.66. The van der Waals surface area contributed by atoms with Gasteiger partial charge in [-0.15, -0.1) is 0 Å². The van der Waals surface area contributed by atoms with Crippen LogP contribution in [0.4, 0.5) is 9.59 Å². The molecule has 1 aromatic rings. The minimum atomic E-state index is -1.20. The summed E-state index contributed by atoms with van der Waals surface area (Å²) in [6.45, 7) is 0. The van der Waals surface area contributed by atoms with E-state index in [1.54, 1.807) is 18.2 Å². The molecule has 0 aromatic heterocycles. The molecule has 0 saturated heterocycles. The fourth-order valence-electron chi connectivity index (χ4n) is 1.02. The second-order valence-corrected chi connectivity index (χ2v) is 2.68. The molecule has 0 unspecified atom stereocenters. The van der Waals surface area contributed by atoms with E-state index in [-0.39, 0.29) is 10.5 Å². The van der Waals surface area contributed by atoms with Crippen LogP contribution in [0.5, 0.6) is 0 Å². The van der Waals surface area contributed by atoms with Gasteiger partial charge in [0.25, 0.3) is 5.91 Å². The number of carbonyl (C=O) groups excluding carboxylic acids is 3. The van der Waals surface area contributed by atoms with Crippen molar-refractivity contribution in [1.82, 2.24) is 4.90 Å². The smallest absolute Gasteiger partial charge is 0.330 e. The number of carbonyl (C=O) groups is 3. The van der Waals surface area contributed by atoms with Crippen molar-refractivity contribution in [2.24, 2.45) is 11.5 Å². The molecule has 78 valence electrons. The highest BCUT2D eigenvalue weighted by Crippen LogP contribution is 2.04. The molecule has 0 bridgehead atoms. The first-order chi connectivity index (χ1) is 7.04. The number of amides is 5. The Bertz CT molecular complexity index is 388. The van der Waals surface area contributed by atoms with Gasteiger partial charge >= 0.3 is 12.1 Å². The standard InChI is InChI=1S/C9H9N3O3/c10-8(14)12(9(11)15)7(13)6-4-2-1-3-5-6/h1-5H,(H2,10,14)(H2,11,15). The van der Waals surface area contributed by atoms with E-state index in [0.717, 1.165) is 0 Å². The van der Waals surface area contributed by atoms with E-state index in [1.165, 1.54) is 12.1 Å². The van der Waals surface area contributed by atoms with Crippen molar-refractivity contribution < 1.29 is 14.4 Å². The molecule has 5 amide bonds. The highest BCUT2D eigenvalue weighted by atomic mass is 16.2. The molecule has 0 radical (unpaired) electrons. The average molecular weight is 207 g/mol. The van der Waals surface area contributed by atoms with Crippen molar-refractivity contribution in [3.05, 3.63) is 35.9 Å². The van der Waals surface area contributed by atoms with Gasteiger partial charge in [0.05, 0.1) is 0 Å². The van der Waals surface area contributed by atoms with Gasteiger partial charge in [-0.05, 0) is 12.1 Å². The van der Waals surface area contributed by atoms with Crippen molar-refractivity contribution in [3.8, 4) is 0 Å². The van der Waals surface area contributed by atoms with Gasteiger partial charge in [0, 0.05) is 5.56 Å². The first-order valence-corrected chi connectivity index (χ1v) is 4.02. The quantitative estimate of drug-likeness (QED) is 0.690. The van der Waals surface area contributed by atoms with Crippen molar-refractivity contribution in [1.29, 1.82) is 0 Å². The van der Waals surface area contributed by atoms with Crippen LogP contribution in [0.25, 0.3) is 0 Å². The lowest BCUT2D eigenvalue weighted by atomic mass is 10.2. The molecule has 0 saturated carbocycles. The van der Waals surface area contributed by atoms with Crippen LogP contribution in [-0.4, -0.2) is 22.9 Å². The molecular weight excluding hydrogens is 198 g/mol. The zero-order valence-electron chi connectivity index (χ0n) is 7.71. The van der Waals surface area contributed by atoms with E-state index in [4.69, 9.17) is 11.5 Å². The Labute approximate surface area is 85.5 Å².